The van der Waals surface area contributed by atoms with Crippen molar-refractivity contribution in [2.45, 2.75) is 13.5 Å². The average Bonchev–Trinajstić information content (AvgIpc) is 2.72. The van der Waals surface area contributed by atoms with Crippen LogP contribution in [-0.4, -0.2) is 42.0 Å². The van der Waals surface area contributed by atoms with Gasteiger partial charge in [-0.15, -0.1) is 0 Å². The monoisotopic (exact) mass is 456 g/mol. The maximum absolute atomic E-state index is 12.8. The van der Waals surface area contributed by atoms with Crippen LogP contribution in [0.2, 0.25) is 0 Å². The molecule has 0 aliphatic carbocycles. The van der Waals surface area contributed by atoms with Crippen LogP contribution < -0.4 is 15.8 Å². The quantitative estimate of drug-likeness (QED) is 0.652. The first kappa shape index (κ1) is 19.6. The molecular formula is C21H21BrN4O3. The molecule has 29 heavy (non-hydrogen) atoms. The molecule has 2 heterocycles. The van der Waals surface area contributed by atoms with Crippen molar-refractivity contribution in [1.29, 1.82) is 0 Å². The van der Waals surface area contributed by atoms with Gasteiger partial charge < -0.3 is 15.0 Å². The van der Waals surface area contributed by atoms with E-state index in [0.29, 0.717) is 30.0 Å². The summed E-state index contributed by atoms with van der Waals surface area (Å²) in [5.41, 5.74) is 2.06. The number of amides is 1. The van der Waals surface area contributed by atoms with Crippen LogP contribution in [0.5, 0.6) is 0 Å². The minimum atomic E-state index is -0.304. The average molecular weight is 457 g/mol. The van der Waals surface area contributed by atoms with Gasteiger partial charge in [-0.2, -0.15) is 5.10 Å². The van der Waals surface area contributed by atoms with Gasteiger partial charge in [0.15, 0.2) is 0 Å². The fraction of sp³-hybridized carbons (Fsp3) is 0.286. The van der Waals surface area contributed by atoms with E-state index in [0.717, 1.165) is 28.6 Å². The zero-order valence-electron chi connectivity index (χ0n) is 16.0. The summed E-state index contributed by atoms with van der Waals surface area (Å²) in [4.78, 5) is 27.7. The van der Waals surface area contributed by atoms with Gasteiger partial charge in [0.2, 0.25) is 5.91 Å². The number of nitrogens with zero attached hydrogens (tertiary/aromatic N) is 3. The molecule has 0 saturated carbocycles. The molecule has 1 N–H and O–H groups in total. The summed E-state index contributed by atoms with van der Waals surface area (Å²) >= 11 is 3.46. The number of carbonyl (C=O) groups excluding carboxylic acids is 1. The smallest absolute Gasteiger partial charge is 0.275 e. The molecule has 2 aromatic carbocycles. The Hall–Kier alpha value is -2.71. The van der Waals surface area contributed by atoms with Gasteiger partial charge in [0.05, 0.1) is 35.7 Å². The van der Waals surface area contributed by atoms with Gasteiger partial charge in [-0.05, 0) is 31.2 Å². The first-order chi connectivity index (χ1) is 14.0. The largest absolute Gasteiger partial charge is 0.378 e. The van der Waals surface area contributed by atoms with Crippen molar-refractivity contribution in [3.63, 3.8) is 0 Å². The predicted molar refractivity (Wildman–Crippen MR) is 117 cm³/mol. The molecule has 1 saturated heterocycles. The summed E-state index contributed by atoms with van der Waals surface area (Å²) in [6, 6.07) is 13.1. The second kappa shape index (κ2) is 8.34. The van der Waals surface area contributed by atoms with E-state index >= 15 is 0 Å². The zero-order valence-corrected chi connectivity index (χ0v) is 17.6. The molecule has 150 valence electrons. The molecule has 0 atom stereocenters. The Bertz CT molecular complexity index is 1120. The lowest BCUT2D eigenvalue weighted by Gasteiger charge is -2.30. The number of ether oxygens (including phenoxy) is 1. The van der Waals surface area contributed by atoms with Gasteiger partial charge >= 0.3 is 0 Å². The van der Waals surface area contributed by atoms with Crippen LogP contribution >= 0.6 is 15.9 Å². The highest BCUT2D eigenvalue weighted by molar-refractivity contribution is 9.10. The van der Waals surface area contributed by atoms with Crippen molar-refractivity contribution >= 4 is 44.0 Å². The highest BCUT2D eigenvalue weighted by Crippen LogP contribution is 2.30. The van der Waals surface area contributed by atoms with Crippen LogP contribution in [-0.2, 0) is 16.1 Å². The predicted octanol–water partition coefficient (Wildman–Crippen LogP) is 2.94. The van der Waals surface area contributed by atoms with Crippen molar-refractivity contribution in [1.82, 2.24) is 9.78 Å². The van der Waals surface area contributed by atoms with E-state index in [1.165, 1.54) is 4.68 Å². The highest BCUT2D eigenvalue weighted by Gasteiger charge is 2.17. The number of aromatic nitrogens is 2. The van der Waals surface area contributed by atoms with Crippen LogP contribution in [0, 0.1) is 6.92 Å². The molecule has 4 rings (SSSR count). The summed E-state index contributed by atoms with van der Waals surface area (Å²) < 4.78 is 7.50. The van der Waals surface area contributed by atoms with Gasteiger partial charge in [-0.1, -0.05) is 34.1 Å². The minimum absolute atomic E-state index is 0.153. The first-order valence-electron chi connectivity index (χ1n) is 9.41. The third-order valence-corrected chi connectivity index (χ3v) is 5.42. The van der Waals surface area contributed by atoms with E-state index < -0.39 is 0 Å². The van der Waals surface area contributed by atoms with E-state index in [-0.39, 0.29) is 18.0 Å². The van der Waals surface area contributed by atoms with Crippen molar-refractivity contribution < 1.29 is 9.53 Å². The number of hydrogen-bond donors (Lipinski definition) is 1. The lowest BCUT2D eigenvalue weighted by Crippen LogP contribution is -2.37. The fourth-order valence-electron chi connectivity index (χ4n) is 3.53. The summed E-state index contributed by atoms with van der Waals surface area (Å²) in [5, 5.41) is 8.62. The molecule has 1 fully saturated rings. The summed E-state index contributed by atoms with van der Waals surface area (Å²) in [7, 11) is 0. The molecule has 1 aromatic heterocycles. The zero-order chi connectivity index (χ0) is 20.4. The summed E-state index contributed by atoms with van der Waals surface area (Å²) in [5.74, 6) is -0.304. The minimum Gasteiger partial charge on any atom is -0.378 e. The number of halogens is 1. The van der Waals surface area contributed by atoms with E-state index in [1.54, 1.807) is 6.07 Å². The number of morpholine rings is 1. The van der Waals surface area contributed by atoms with Gasteiger partial charge in [-0.25, -0.2) is 4.68 Å². The second-order valence-electron chi connectivity index (χ2n) is 6.90. The topological polar surface area (TPSA) is 76.5 Å². The van der Waals surface area contributed by atoms with Crippen molar-refractivity contribution in [3.05, 3.63) is 63.0 Å². The summed E-state index contributed by atoms with van der Waals surface area (Å²) in [6.07, 6.45) is 0. The molecule has 1 aliphatic rings. The van der Waals surface area contributed by atoms with Crippen molar-refractivity contribution in [2.75, 3.05) is 36.5 Å². The Morgan fingerprint density at radius 2 is 1.90 bits per heavy atom. The van der Waals surface area contributed by atoms with Crippen molar-refractivity contribution in [2.24, 2.45) is 0 Å². The molecule has 0 spiro atoms. The molecule has 1 amide bonds. The molecule has 0 radical (unpaired) electrons. The lowest BCUT2D eigenvalue weighted by molar-refractivity contribution is -0.117. The third-order valence-electron chi connectivity index (χ3n) is 4.93. The molecule has 0 bridgehead atoms. The molecule has 7 nitrogen and oxygen atoms in total. The highest BCUT2D eigenvalue weighted by atomic mass is 79.9. The van der Waals surface area contributed by atoms with Crippen molar-refractivity contribution in [3.8, 4) is 0 Å². The number of anilines is 2. The molecule has 8 heteroatoms. The molecule has 3 aromatic rings. The number of fused-ring (bicyclic) bond motifs is 1. The Morgan fingerprint density at radius 1 is 1.17 bits per heavy atom. The number of hydrogen-bond acceptors (Lipinski definition) is 5. The maximum atomic E-state index is 12.8. The van der Waals surface area contributed by atoms with Gasteiger partial charge in [0.25, 0.3) is 5.56 Å². The van der Waals surface area contributed by atoms with Crippen LogP contribution in [0.1, 0.15) is 5.69 Å². The number of nitrogens with one attached hydrogen (secondary N) is 1. The van der Waals surface area contributed by atoms with E-state index in [4.69, 9.17) is 4.74 Å². The summed E-state index contributed by atoms with van der Waals surface area (Å²) in [6.45, 7) is 4.50. The second-order valence-corrected chi connectivity index (χ2v) is 7.82. The lowest BCUT2D eigenvalue weighted by atomic mass is 10.1. The SMILES string of the molecule is Cc1nn(CC(=O)Nc2cc(Br)ccc2N2CCOCC2)c(=O)c2ccccc12. The normalized spacial score (nSPS) is 14.2. The van der Waals surface area contributed by atoms with Crippen LogP contribution in [0.25, 0.3) is 10.8 Å². The molecule has 1 aliphatic heterocycles. The number of carbonyl (C=O) groups is 1. The fourth-order valence-corrected chi connectivity index (χ4v) is 3.89. The van der Waals surface area contributed by atoms with Gasteiger partial charge in [0.1, 0.15) is 6.54 Å². The third kappa shape index (κ3) is 4.18. The number of benzene rings is 2. The van der Waals surface area contributed by atoms with Crippen LogP contribution in [0.4, 0.5) is 11.4 Å². The van der Waals surface area contributed by atoms with E-state index in [2.05, 4.69) is 31.2 Å². The van der Waals surface area contributed by atoms with Gasteiger partial charge in [-0.3, -0.25) is 9.59 Å². The van der Waals surface area contributed by atoms with Crippen LogP contribution in [0.3, 0.4) is 0 Å². The van der Waals surface area contributed by atoms with Gasteiger partial charge in [0, 0.05) is 22.9 Å². The number of rotatable bonds is 4. The Kier molecular flexibility index (Phi) is 5.64. The molecule has 0 unspecified atom stereocenters. The standard InChI is InChI=1S/C21H21BrN4O3/c1-14-16-4-2-3-5-17(16)21(28)26(24-14)13-20(27)23-18-12-15(22)6-7-19(18)25-8-10-29-11-9-25/h2-7,12H,8-11,13H2,1H3,(H,23,27). The number of aryl methyl sites for hydroxylation is 1. The van der Waals surface area contributed by atoms with Crippen LogP contribution in [0.15, 0.2) is 51.7 Å². The first-order valence-corrected chi connectivity index (χ1v) is 10.2. The Labute approximate surface area is 176 Å². The van der Waals surface area contributed by atoms with E-state index in [9.17, 15) is 9.59 Å². The molecular weight excluding hydrogens is 436 g/mol. The Balaban J connectivity index is 1.59. The Morgan fingerprint density at radius 3 is 2.66 bits per heavy atom. The maximum Gasteiger partial charge on any atom is 0.275 e. The van der Waals surface area contributed by atoms with E-state index in [1.807, 2.05) is 43.3 Å².